The minimum atomic E-state index is 0.690. The van der Waals surface area contributed by atoms with E-state index in [1.54, 1.807) is 7.11 Å². The molecule has 0 heterocycles. The van der Waals surface area contributed by atoms with Gasteiger partial charge in [-0.15, -0.1) is 0 Å². The van der Waals surface area contributed by atoms with Crippen molar-refractivity contribution >= 4 is 33.2 Å². The van der Waals surface area contributed by atoms with Crippen LogP contribution in [0.4, 0.5) is 5.69 Å². The number of rotatable bonds is 4. The summed E-state index contributed by atoms with van der Waals surface area (Å²) in [4.78, 5) is 0. The number of hydrogen-bond acceptors (Lipinski definition) is 2. The van der Waals surface area contributed by atoms with Crippen LogP contribution in [0.15, 0.2) is 34.3 Å². The van der Waals surface area contributed by atoms with Crippen LogP contribution in [0.5, 0.6) is 5.75 Å². The Labute approximate surface area is 97.0 Å². The molecule has 1 rings (SSSR count). The lowest BCUT2D eigenvalue weighted by Gasteiger charge is -2.08. The molecule has 0 amide bonds. The summed E-state index contributed by atoms with van der Waals surface area (Å²) in [5, 5.41) is 3.19. The molecule has 0 bridgehead atoms. The van der Waals surface area contributed by atoms with Crippen molar-refractivity contribution in [1.82, 2.24) is 0 Å². The summed E-state index contributed by atoms with van der Waals surface area (Å²) in [7, 11) is 1.64. The molecule has 1 N–H and O–H groups in total. The molecule has 14 heavy (non-hydrogen) atoms. The summed E-state index contributed by atoms with van der Waals surface area (Å²) in [6.07, 6.45) is 1.83. The Bertz CT molecular complexity index is 328. The zero-order valence-electron chi connectivity index (χ0n) is 7.76. The van der Waals surface area contributed by atoms with E-state index in [9.17, 15) is 0 Å². The Morgan fingerprint density at radius 3 is 3.00 bits per heavy atom. The van der Waals surface area contributed by atoms with Crippen molar-refractivity contribution < 1.29 is 4.74 Å². The smallest absolute Gasteiger partial charge is 0.121 e. The lowest BCUT2D eigenvalue weighted by Crippen LogP contribution is -1.99. The van der Waals surface area contributed by atoms with Crippen LogP contribution in [0, 0.1) is 0 Å². The van der Waals surface area contributed by atoms with Crippen LogP contribution in [0.3, 0.4) is 0 Å². The van der Waals surface area contributed by atoms with Gasteiger partial charge in [-0.2, -0.15) is 0 Å². The van der Waals surface area contributed by atoms with E-state index in [-0.39, 0.29) is 0 Å². The van der Waals surface area contributed by atoms with Gasteiger partial charge in [-0.05, 0) is 28.1 Å². The molecule has 0 aliphatic heterocycles. The highest BCUT2D eigenvalue weighted by Gasteiger charge is 1.99. The van der Waals surface area contributed by atoms with Crippen molar-refractivity contribution in [2.24, 2.45) is 0 Å². The maximum Gasteiger partial charge on any atom is 0.121 e. The second kappa shape index (κ2) is 5.94. The molecule has 0 aromatic heterocycles. The van der Waals surface area contributed by atoms with Crippen LogP contribution < -0.4 is 10.1 Å². The largest absolute Gasteiger partial charge is 0.497 e. The van der Waals surface area contributed by atoms with E-state index in [4.69, 9.17) is 16.3 Å². The molecule has 0 radical (unpaired) electrons. The molecular formula is C10H11BrClNO. The summed E-state index contributed by atoms with van der Waals surface area (Å²) in [5.74, 6) is 0.825. The van der Waals surface area contributed by atoms with Gasteiger partial charge in [0.2, 0.25) is 0 Å². The molecule has 0 fully saturated rings. The average Bonchev–Trinajstić information content (AvgIpc) is 2.21. The lowest BCUT2D eigenvalue weighted by molar-refractivity contribution is 0.415. The first-order valence-corrected chi connectivity index (χ1v) is 5.33. The molecule has 76 valence electrons. The van der Waals surface area contributed by atoms with Gasteiger partial charge in [-0.3, -0.25) is 0 Å². The van der Waals surface area contributed by atoms with Gasteiger partial charge in [0.1, 0.15) is 5.75 Å². The number of anilines is 1. The van der Waals surface area contributed by atoms with Gasteiger partial charge in [0.15, 0.2) is 0 Å². The first-order chi connectivity index (χ1) is 6.77. The van der Waals surface area contributed by atoms with Gasteiger partial charge in [-0.1, -0.05) is 17.7 Å². The summed E-state index contributed by atoms with van der Waals surface area (Å²) in [6, 6.07) is 5.75. The van der Waals surface area contributed by atoms with Crippen LogP contribution >= 0.6 is 27.5 Å². The van der Waals surface area contributed by atoms with Crippen molar-refractivity contribution in [3.8, 4) is 5.75 Å². The van der Waals surface area contributed by atoms with Gasteiger partial charge in [0, 0.05) is 22.6 Å². The zero-order chi connectivity index (χ0) is 10.4. The number of nitrogens with one attached hydrogen (secondary N) is 1. The summed E-state index contributed by atoms with van der Waals surface area (Å²) < 4.78 is 6.11. The van der Waals surface area contributed by atoms with E-state index in [0.29, 0.717) is 6.54 Å². The SMILES string of the molecule is COc1ccc(Br)c(NC/C=C/Cl)c1. The molecule has 0 atom stereocenters. The highest BCUT2D eigenvalue weighted by molar-refractivity contribution is 9.10. The fraction of sp³-hybridized carbons (Fsp3) is 0.200. The van der Waals surface area contributed by atoms with Crippen LogP contribution in [0.1, 0.15) is 0 Å². The fourth-order valence-corrected chi connectivity index (χ4v) is 1.46. The van der Waals surface area contributed by atoms with Crippen LogP contribution in [0.2, 0.25) is 0 Å². The highest BCUT2D eigenvalue weighted by atomic mass is 79.9. The predicted octanol–water partition coefficient (Wildman–Crippen LogP) is 3.62. The molecule has 1 aromatic carbocycles. The molecule has 1 aromatic rings. The number of ether oxygens (including phenoxy) is 1. The van der Waals surface area contributed by atoms with E-state index < -0.39 is 0 Å². The van der Waals surface area contributed by atoms with Gasteiger partial charge >= 0.3 is 0 Å². The van der Waals surface area contributed by atoms with Gasteiger partial charge in [-0.25, -0.2) is 0 Å². The molecular weight excluding hydrogens is 265 g/mol. The minimum Gasteiger partial charge on any atom is -0.497 e. The van der Waals surface area contributed by atoms with Gasteiger partial charge in [0.05, 0.1) is 12.8 Å². The number of benzene rings is 1. The number of methoxy groups -OCH3 is 1. The fourth-order valence-electron chi connectivity index (χ4n) is 0.980. The van der Waals surface area contributed by atoms with E-state index in [1.165, 1.54) is 5.54 Å². The quantitative estimate of drug-likeness (QED) is 0.907. The summed E-state index contributed by atoms with van der Waals surface area (Å²) >= 11 is 8.85. The van der Waals surface area contributed by atoms with E-state index in [1.807, 2.05) is 24.3 Å². The third-order valence-electron chi connectivity index (χ3n) is 1.67. The van der Waals surface area contributed by atoms with Crippen LogP contribution in [-0.4, -0.2) is 13.7 Å². The molecule has 0 saturated heterocycles. The lowest BCUT2D eigenvalue weighted by atomic mass is 10.3. The predicted molar refractivity (Wildman–Crippen MR) is 64.2 cm³/mol. The van der Waals surface area contributed by atoms with Crippen LogP contribution in [0.25, 0.3) is 0 Å². The number of hydrogen-bond donors (Lipinski definition) is 1. The third-order valence-corrected chi connectivity index (χ3v) is 2.54. The first-order valence-electron chi connectivity index (χ1n) is 4.10. The van der Waals surface area contributed by atoms with Crippen molar-refractivity contribution in [1.29, 1.82) is 0 Å². The Balaban J connectivity index is 2.73. The molecule has 4 heteroatoms. The van der Waals surface area contributed by atoms with Crippen LogP contribution in [-0.2, 0) is 0 Å². The molecule has 0 aliphatic rings. The standard InChI is InChI=1S/C10H11BrClNO/c1-14-8-3-4-9(11)10(7-8)13-6-2-5-12/h2-5,7,13H,6H2,1H3/b5-2+. The highest BCUT2D eigenvalue weighted by Crippen LogP contribution is 2.26. The molecule has 0 spiro atoms. The number of halogens is 2. The molecule has 0 aliphatic carbocycles. The Morgan fingerprint density at radius 2 is 2.36 bits per heavy atom. The average molecular weight is 277 g/mol. The van der Waals surface area contributed by atoms with Crippen molar-refractivity contribution in [3.63, 3.8) is 0 Å². The van der Waals surface area contributed by atoms with E-state index in [0.717, 1.165) is 15.9 Å². The van der Waals surface area contributed by atoms with Crippen molar-refractivity contribution in [3.05, 3.63) is 34.3 Å². The van der Waals surface area contributed by atoms with E-state index in [2.05, 4.69) is 21.2 Å². The zero-order valence-corrected chi connectivity index (χ0v) is 10.1. The molecule has 0 unspecified atom stereocenters. The monoisotopic (exact) mass is 275 g/mol. The maximum absolute atomic E-state index is 5.41. The summed E-state index contributed by atoms with van der Waals surface area (Å²) in [5.41, 5.74) is 2.47. The second-order valence-corrected chi connectivity index (χ2v) is 3.69. The normalized spacial score (nSPS) is 10.5. The Kier molecular flexibility index (Phi) is 4.84. The van der Waals surface area contributed by atoms with Gasteiger partial charge in [0.25, 0.3) is 0 Å². The van der Waals surface area contributed by atoms with Crippen molar-refractivity contribution in [2.45, 2.75) is 0 Å². The minimum absolute atomic E-state index is 0.690. The van der Waals surface area contributed by atoms with Gasteiger partial charge < -0.3 is 10.1 Å². The maximum atomic E-state index is 5.41. The molecule has 2 nitrogen and oxygen atoms in total. The topological polar surface area (TPSA) is 21.3 Å². The third kappa shape index (κ3) is 3.24. The van der Waals surface area contributed by atoms with E-state index >= 15 is 0 Å². The molecule has 0 saturated carbocycles. The Morgan fingerprint density at radius 1 is 1.57 bits per heavy atom. The summed E-state index contributed by atoms with van der Waals surface area (Å²) in [6.45, 7) is 0.690. The van der Waals surface area contributed by atoms with Crippen molar-refractivity contribution in [2.75, 3.05) is 19.0 Å². The Hall–Kier alpha value is -0.670. The first kappa shape index (κ1) is 11.4. The second-order valence-electron chi connectivity index (χ2n) is 2.59.